The van der Waals surface area contributed by atoms with Crippen LogP contribution in [0.5, 0.6) is 0 Å². The van der Waals surface area contributed by atoms with E-state index in [0.717, 1.165) is 49.5 Å². The Balaban J connectivity index is 0.00000102. The molecule has 9 nitrogen and oxygen atoms in total. The van der Waals surface area contributed by atoms with Gasteiger partial charge in [-0.2, -0.15) is 0 Å². The molecule has 43 heavy (non-hydrogen) atoms. The van der Waals surface area contributed by atoms with E-state index in [2.05, 4.69) is 20.5 Å². The first-order chi connectivity index (χ1) is 20.9. The number of aromatic nitrogens is 3. The van der Waals surface area contributed by atoms with E-state index >= 15 is 0 Å². The number of alkyl halides is 1. The van der Waals surface area contributed by atoms with E-state index in [9.17, 15) is 18.8 Å². The Morgan fingerprint density at radius 3 is 2.23 bits per heavy atom. The maximum atomic E-state index is 13.9. The predicted octanol–water partition coefficient (Wildman–Crippen LogP) is 6.00. The fraction of sp³-hybridized carbons (Fsp3) is 0.424. The van der Waals surface area contributed by atoms with Crippen molar-refractivity contribution in [2.75, 3.05) is 37.6 Å². The third kappa shape index (κ3) is 6.91. The number of benzene rings is 2. The highest BCUT2D eigenvalue weighted by atomic mass is 19.1. The van der Waals surface area contributed by atoms with E-state index in [1.54, 1.807) is 6.92 Å². The minimum absolute atomic E-state index is 0.138. The summed E-state index contributed by atoms with van der Waals surface area (Å²) in [5, 5.41) is 7.02. The third-order valence-corrected chi connectivity index (χ3v) is 7.77. The van der Waals surface area contributed by atoms with Crippen LogP contribution in [-0.4, -0.2) is 46.0 Å². The number of piperidine rings is 1. The summed E-state index contributed by atoms with van der Waals surface area (Å²) in [5.41, 5.74) is 2.81. The summed E-state index contributed by atoms with van der Waals surface area (Å²) < 4.78 is 12.4. The number of H-pyrrole nitrogens is 1. The minimum Gasteiger partial charge on any atom is -0.372 e. The summed E-state index contributed by atoms with van der Waals surface area (Å²) in [6, 6.07) is 15.2. The first-order valence-corrected chi connectivity index (χ1v) is 15.1. The Labute approximate surface area is 251 Å². The zero-order chi connectivity index (χ0) is 31.1. The topological polar surface area (TPSA) is 104 Å². The Bertz CT molecular complexity index is 1710. The predicted molar refractivity (Wildman–Crippen MR) is 174 cm³/mol. The van der Waals surface area contributed by atoms with E-state index in [0.29, 0.717) is 29.3 Å². The van der Waals surface area contributed by atoms with Crippen LogP contribution in [0, 0.1) is 13.8 Å². The number of pyridine rings is 1. The molecule has 0 atom stereocenters. The maximum Gasteiger partial charge on any atom is 0.336 e. The van der Waals surface area contributed by atoms with Crippen molar-refractivity contribution >= 4 is 28.1 Å². The molecule has 0 unspecified atom stereocenters. The molecule has 1 aliphatic heterocycles. The van der Waals surface area contributed by atoms with Gasteiger partial charge in [-0.05, 0) is 83.0 Å². The average molecular weight is 591 g/mol. The number of hydrogen-bond acceptors (Lipinski definition) is 6. The van der Waals surface area contributed by atoms with Gasteiger partial charge in [0.1, 0.15) is 11.2 Å². The SMILES string of the molecule is CC.CF.Cc1ccc(Nc2[nH]c(=O)c(C)c3c2c(=O)n(C2CC2)c(=O)n3-c2cccc(NCN3CCCCC3)c2)cc1. The summed E-state index contributed by atoms with van der Waals surface area (Å²) in [4.78, 5) is 46.2. The van der Waals surface area contributed by atoms with Gasteiger partial charge in [0.2, 0.25) is 0 Å². The molecule has 2 aromatic heterocycles. The fourth-order valence-electron chi connectivity index (χ4n) is 5.43. The smallest absolute Gasteiger partial charge is 0.336 e. The van der Waals surface area contributed by atoms with Crippen LogP contribution in [-0.2, 0) is 0 Å². The van der Waals surface area contributed by atoms with E-state index in [1.807, 2.05) is 69.3 Å². The quantitative estimate of drug-likeness (QED) is 0.244. The number of aromatic amines is 1. The van der Waals surface area contributed by atoms with Crippen LogP contribution in [0.3, 0.4) is 0 Å². The van der Waals surface area contributed by atoms with Gasteiger partial charge in [-0.25, -0.2) is 4.79 Å². The summed E-state index contributed by atoms with van der Waals surface area (Å²) in [6.45, 7) is 10.5. The second-order valence-electron chi connectivity index (χ2n) is 10.8. The van der Waals surface area contributed by atoms with E-state index in [-0.39, 0.29) is 23.0 Å². The van der Waals surface area contributed by atoms with Crippen molar-refractivity contribution in [2.24, 2.45) is 0 Å². The van der Waals surface area contributed by atoms with Gasteiger partial charge < -0.3 is 15.6 Å². The van der Waals surface area contributed by atoms with Gasteiger partial charge >= 0.3 is 5.69 Å². The number of halogens is 1. The highest BCUT2D eigenvalue weighted by Crippen LogP contribution is 2.34. The fourth-order valence-corrected chi connectivity index (χ4v) is 5.43. The molecule has 3 N–H and O–H groups in total. The molecule has 2 aromatic carbocycles. The van der Waals surface area contributed by atoms with Gasteiger partial charge in [0.25, 0.3) is 11.1 Å². The first kappa shape index (κ1) is 31.7. The maximum absolute atomic E-state index is 13.9. The van der Waals surface area contributed by atoms with Crippen molar-refractivity contribution in [2.45, 2.75) is 65.8 Å². The number of anilines is 3. The van der Waals surface area contributed by atoms with Crippen molar-refractivity contribution in [3.05, 3.63) is 90.8 Å². The number of aryl methyl sites for hydroxylation is 2. The standard InChI is InChI=1S/C30H34N6O3.C2H6.CH3F/c1-19-9-11-21(12-10-19)32-27-25-26(20(2)28(37)33-27)35(30(39)36(29(25)38)23-13-14-23)24-8-6-7-22(17-24)31-18-34-15-4-3-5-16-34;2*1-2/h6-12,17,23,31H,3-5,13-16,18H2,1-2H3,(H2,32,33,37);1-2H3;1H3. The van der Waals surface area contributed by atoms with Crippen molar-refractivity contribution in [3.8, 4) is 5.69 Å². The molecule has 0 radical (unpaired) electrons. The zero-order valence-corrected chi connectivity index (χ0v) is 25.8. The number of nitrogens with one attached hydrogen (secondary N) is 3. The van der Waals surface area contributed by atoms with Crippen LogP contribution in [0.25, 0.3) is 16.6 Å². The lowest BCUT2D eigenvalue weighted by Gasteiger charge is -2.27. The molecule has 3 heterocycles. The highest BCUT2D eigenvalue weighted by molar-refractivity contribution is 5.93. The molecule has 1 saturated carbocycles. The molecule has 0 amide bonds. The number of fused-ring (bicyclic) bond motifs is 1. The zero-order valence-electron chi connectivity index (χ0n) is 25.8. The van der Waals surface area contributed by atoms with Crippen molar-refractivity contribution in [1.82, 2.24) is 19.0 Å². The van der Waals surface area contributed by atoms with Gasteiger partial charge in [0.15, 0.2) is 0 Å². The number of hydrogen-bond donors (Lipinski definition) is 3. The lowest BCUT2D eigenvalue weighted by molar-refractivity contribution is 0.244. The third-order valence-electron chi connectivity index (χ3n) is 7.77. The molecule has 6 rings (SSSR count). The van der Waals surface area contributed by atoms with Gasteiger partial charge in [0, 0.05) is 23.0 Å². The van der Waals surface area contributed by atoms with E-state index in [4.69, 9.17) is 0 Å². The average Bonchev–Trinajstić information content (AvgIpc) is 3.87. The molecule has 1 saturated heterocycles. The highest BCUT2D eigenvalue weighted by Gasteiger charge is 2.31. The largest absolute Gasteiger partial charge is 0.372 e. The van der Waals surface area contributed by atoms with Crippen LogP contribution in [0.2, 0.25) is 0 Å². The molecule has 4 aromatic rings. The number of likely N-dealkylation sites (tertiary alicyclic amines) is 1. The van der Waals surface area contributed by atoms with Crippen molar-refractivity contribution < 1.29 is 4.39 Å². The Morgan fingerprint density at radius 1 is 0.907 bits per heavy atom. The summed E-state index contributed by atoms with van der Waals surface area (Å²) >= 11 is 0. The molecule has 1 aliphatic carbocycles. The molecular formula is C33H43FN6O3. The van der Waals surface area contributed by atoms with Gasteiger partial charge in [-0.15, -0.1) is 0 Å². The summed E-state index contributed by atoms with van der Waals surface area (Å²) in [6.07, 6.45) is 5.25. The normalized spacial score (nSPS) is 14.7. The molecular weight excluding hydrogens is 547 g/mol. The van der Waals surface area contributed by atoms with Crippen LogP contribution in [0.1, 0.15) is 63.1 Å². The monoisotopic (exact) mass is 590 g/mol. The van der Waals surface area contributed by atoms with Gasteiger partial charge in [0.05, 0.1) is 25.1 Å². The Kier molecular flexibility index (Phi) is 10.6. The lowest BCUT2D eigenvalue weighted by Crippen LogP contribution is -2.40. The molecule has 2 fully saturated rings. The lowest BCUT2D eigenvalue weighted by atomic mass is 10.1. The van der Waals surface area contributed by atoms with Gasteiger partial charge in [-0.3, -0.25) is 28.0 Å². The Morgan fingerprint density at radius 2 is 1.58 bits per heavy atom. The second-order valence-corrected chi connectivity index (χ2v) is 10.8. The second kappa shape index (κ2) is 14.3. The molecule has 0 bridgehead atoms. The number of rotatable bonds is 7. The Hall–Kier alpha value is -4.18. The van der Waals surface area contributed by atoms with Crippen molar-refractivity contribution in [3.63, 3.8) is 0 Å². The number of nitrogens with zero attached hydrogens (tertiary/aromatic N) is 3. The first-order valence-electron chi connectivity index (χ1n) is 15.1. The van der Waals surface area contributed by atoms with Crippen LogP contribution >= 0.6 is 0 Å². The molecule has 10 heteroatoms. The van der Waals surface area contributed by atoms with Crippen molar-refractivity contribution in [1.29, 1.82) is 0 Å². The van der Waals surface area contributed by atoms with Gasteiger partial charge in [-0.1, -0.05) is 44.0 Å². The summed E-state index contributed by atoms with van der Waals surface area (Å²) in [7, 11) is 0.500. The van der Waals surface area contributed by atoms with Crippen LogP contribution in [0.15, 0.2) is 62.9 Å². The minimum atomic E-state index is -0.418. The molecule has 230 valence electrons. The van der Waals surface area contributed by atoms with E-state index in [1.165, 1.54) is 28.4 Å². The molecule has 0 spiro atoms. The van der Waals surface area contributed by atoms with Crippen LogP contribution in [0.4, 0.5) is 21.6 Å². The molecule has 2 aliphatic rings. The summed E-state index contributed by atoms with van der Waals surface area (Å²) in [5.74, 6) is 0.289. The van der Waals surface area contributed by atoms with Crippen LogP contribution < -0.4 is 27.4 Å². The van der Waals surface area contributed by atoms with E-state index < -0.39 is 5.69 Å².